The second-order valence-corrected chi connectivity index (χ2v) is 10.1. The van der Waals surface area contributed by atoms with Crippen LogP contribution in [-0.4, -0.2) is 45.7 Å². The Morgan fingerprint density at radius 1 is 1.38 bits per heavy atom. The predicted molar refractivity (Wildman–Crippen MR) is 132 cm³/mol. The summed E-state index contributed by atoms with van der Waals surface area (Å²) < 4.78 is 40.9. The van der Waals surface area contributed by atoms with Crippen molar-refractivity contribution in [2.45, 2.75) is 57.4 Å². The van der Waals surface area contributed by atoms with Crippen LogP contribution in [0.25, 0.3) is 0 Å². The lowest BCUT2D eigenvalue weighted by molar-refractivity contribution is 0.168. The molecule has 2 aromatic rings. The summed E-state index contributed by atoms with van der Waals surface area (Å²) in [6.07, 6.45) is 6.03. The van der Waals surface area contributed by atoms with Crippen LogP contribution in [0.15, 0.2) is 28.6 Å². The SMILES string of the molecule is CC1CCC1.CCC(O)CNCNc1cc(F)c(S(=O)(=O)Nc2nccs2)cc1Cl.[B]C. The highest BCUT2D eigenvalue weighted by atomic mass is 35.5. The van der Waals surface area contributed by atoms with Crippen molar-refractivity contribution in [2.75, 3.05) is 23.3 Å². The number of anilines is 2. The van der Waals surface area contributed by atoms with Crippen LogP contribution in [0.1, 0.15) is 39.5 Å². The molecular weight excluding hydrogens is 474 g/mol. The number of aliphatic hydroxyl groups excluding tert-OH is 1. The van der Waals surface area contributed by atoms with E-state index >= 15 is 0 Å². The van der Waals surface area contributed by atoms with E-state index in [-0.39, 0.29) is 22.5 Å². The lowest BCUT2D eigenvalue weighted by Gasteiger charge is -2.18. The summed E-state index contributed by atoms with van der Waals surface area (Å²) in [4.78, 5) is 3.24. The van der Waals surface area contributed by atoms with E-state index in [9.17, 15) is 17.9 Å². The van der Waals surface area contributed by atoms with E-state index in [2.05, 4.69) is 35.1 Å². The van der Waals surface area contributed by atoms with E-state index in [0.29, 0.717) is 13.0 Å². The molecule has 0 spiro atoms. The van der Waals surface area contributed by atoms with Crippen molar-refractivity contribution in [3.63, 3.8) is 0 Å². The van der Waals surface area contributed by atoms with Crippen molar-refractivity contribution in [2.24, 2.45) is 5.92 Å². The number of hydrogen-bond donors (Lipinski definition) is 4. The van der Waals surface area contributed by atoms with Crippen LogP contribution < -0.4 is 15.4 Å². The van der Waals surface area contributed by atoms with Gasteiger partial charge in [0, 0.05) is 18.1 Å². The molecular formula is C20H31BClFN4O3S2. The fourth-order valence-electron chi connectivity index (χ4n) is 2.47. The number of thiazole rings is 1. The molecule has 1 unspecified atom stereocenters. The normalized spacial score (nSPS) is 14.2. The monoisotopic (exact) mass is 504 g/mol. The minimum absolute atomic E-state index is 0.0544. The summed E-state index contributed by atoms with van der Waals surface area (Å²) in [5.74, 6) is 0.125. The molecule has 12 heteroatoms. The second-order valence-electron chi connectivity index (χ2n) is 7.11. The maximum absolute atomic E-state index is 14.3. The molecule has 4 N–H and O–H groups in total. The molecule has 1 atom stereocenters. The van der Waals surface area contributed by atoms with E-state index in [1.54, 1.807) is 5.38 Å². The van der Waals surface area contributed by atoms with E-state index in [0.717, 1.165) is 29.4 Å². The average Bonchev–Trinajstić information content (AvgIpc) is 3.25. The first-order chi connectivity index (χ1) is 15.2. The Hall–Kier alpha value is -1.40. The Labute approximate surface area is 200 Å². The zero-order valence-electron chi connectivity index (χ0n) is 18.6. The molecule has 1 heterocycles. The molecule has 1 fully saturated rings. The smallest absolute Gasteiger partial charge is 0.266 e. The van der Waals surface area contributed by atoms with Crippen molar-refractivity contribution in [3.8, 4) is 0 Å². The maximum atomic E-state index is 14.3. The molecule has 0 amide bonds. The first kappa shape index (κ1) is 28.6. The number of halogens is 2. The highest BCUT2D eigenvalue weighted by Gasteiger charge is 2.22. The van der Waals surface area contributed by atoms with Crippen molar-refractivity contribution < 1.29 is 17.9 Å². The molecule has 32 heavy (non-hydrogen) atoms. The van der Waals surface area contributed by atoms with Gasteiger partial charge in [0.2, 0.25) is 0 Å². The van der Waals surface area contributed by atoms with Crippen LogP contribution in [0.4, 0.5) is 15.2 Å². The summed E-state index contributed by atoms with van der Waals surface area (Å²) in [5.41, 5.74) is 0.242. The van der Waals surface area contributed by atoms with Gasteiger partial charge < -0.3 is 10.4 Å². The quantitative estimate of drug-likeness (QED) is 0.228. The predicted octanol–water partition coefficient (Wildman–Crippen LogP) is 4.48. The zero-order chi connectivity index (χ0) is 24.1. The number of nitrogens with one attached hydrogen (secondary N) is 3. The summed E-state index contributed by atoms with van der Waals surface area (Å²) in [7, 11) is 0.369. The first-order valence-corrected chi connectivity index (χ1v) is 13.1. The van der Waals surface area contributed by atoms with Crippen LogP contribution in [0.5, 0.6) is 0 Å². The standard InChI is InChI=1S/C14H18ClFN4O3S2.C5H10.CH3B/c1-2-9(21)7-17-8-19-12-6-11(16)13(5-10(12)15)25(22,23)20-14-18-3-4-24-14;1-5-3-2-4-5;1-2/h3-6,9,17,19,21H,2,7-8H2,1H3,(H,18,20);5H,2-4H2,1H3;1H3. The maximum Gasteiger partial charge on any atom is 0.266 e. The van der Waals surface area contributed by atoms with E-state index in [4.69, 9.17) is 11.6 Å². The highest BCUT2D eigenvalue weighted by molar-refractivity contribution is 7.93. The van der Waals surface area contributed by atoms with Gasteiger partial charge in [-0.05, 0) is 24.5 Å². The Kier molecular flexibility index (Phi) is 13.1. The van der Waals surface area contributed by atoms with Crippen molar-refractivity contribution in [3.05, 3.63) is 34.5 Å². The Balaban J connectivity index is 0.000000629. The molecule has 0 bridgehead atoms. The van der Waals surface area contributed by atoms with Crippen LogP contribution in [0.3, 0.4) is 0 Å². The van der Waals surface area contributed by atoms with Gasteiger partial charge in [0.1, 0.15) is 10.7 Å². The third-order valence-electron chi connectivity index (χ3n) is 4.61. The van der Waals surface area contributed by atoms with Crippen molar-refractivity contribution in [1.29, 1.82) is 0 Å². The third kappa shape index (κ3) is 9.62. The molecule has 1 saturated carbocycles. The van der Waals surface area contributed by atoms with Crippen LogP contribution >= 0.6 is 22.9 Å². The second kappa shape index (κ2) is 14.7. The van der Waals surface area contributed by atoms with Crippen LogP contribution in [0.2, 0.25) is 11.8 Å². The summed E-state index contributed by atoms with van der Waals surface area (Å²) >= 11 is 7.12. The Morgan fingerprint density at radius 2 is 2.03 bits per heavy atom. The van der Waals surface area contributed by atoms with Gasteiger partial charge in [0.25, 0.3) is 10.0 Å². The summed E-state index contributed by atoms with van der Waals surface area (Å²) in [5, 5.41) is 17.0. The van der Waals surface area contributed by atoms with E-state index in [1.165, 1.54) is 32.3 Å². The molecule has 1 aromatic heterocycles. The molecule has 178 valence electrons. The molecule has 1 aliphatic rings. The van der Waals surface area contributed by atoms with Gasteiger partial charge in [-0.3, -0.25) is 10.0 Å². The van der Waals surface area contributed by atoms with Gasteiger partial charge in [-0.15, -0.1) is 11.3 Å². The largest absolute Gasteiger partial charge is 0.392 e. The minimum Gasteiger partial charge on any atom is -0.392 e. The number of rotatable bonds is 9. The summed E-state index contributed by atoms with van der Waals surface area (Å²) in [6.45, 7) is 6.27. The van der Waals surface area contributed by atoms with Crippen molar-refractivity contribution in [1.82, 2.24) is 10.3 Å². The van der Waals surface area contributed by atoms with Gasteiger partial charge in [0.05, 0.1) is 31.3 Å². The summed E-state index contributed by atoms with van der Waals surface area (Å²) in [6, 6.07) is 2.05. The van der Waals surface area contributed by atoms with Gasteiger partial charge in [0.15, 0.2) is 5.13 Å². The molecule has 0 aliphatic heterocycles. The third-order valence-corrected chi connectivity index (χ3v) is 7.10. The molecule has 1 aliphatic carbocycles. The molecule has 2 radical (unpaired) electrons. The highest BCUT2D eigenvalue weighted by Crippen LogP contribution is 2.29. The fraction of sp³-hybridized carbons (Fsp3) is 0.550. The lowest BCUT2D eigenvalue weighted by atomic mass is 9.88. The number of benzene rings is 1. The topological polar surface area (TPSA) is 103 Å². The number of nitrogens with zero attached hydrogens (tertiary/aromatic N) is 1. The molecule has 3 rings (SSSR count). The Morgan fingerprint density at radius 3 is 2.53 bits per heavy atom. The number of sulfonamides is 1. The van der Waals surface area contributed by atoms with Crippen molar-refractivity contribution >= 4 is 51.6 Å². The van der Waals surface area contributed by atoms with Crippen LogP contribution in [0, 0.1) is 11.7 Å². The van der Waals surface area contributed by atoms with E-state index in [1.807, 2.05) is 6.92 Å². The number of aromatic nitrogens is 1. The zero-order valence-corrected chi connectivity index (χ0v) is 21.0. The first-order valence-electron chi connectivity index (χ1n) is 10.3. The lowest BCUT2D eigenvalue weighted by Crippen LogP contribution is -2.30. The molecule has 0 saturated heterocycles. The van der Waals surface area contributed by atoms with Gasteiger partial charge in [-0.25, -0.2) is 17.8 Å². The van der Waals surface area contributed by atoms with Gasteiger partial charge in [-0.1, -0.05) is 51.5 Å². The van der Waals surface area contributed by atoms with Crippen LogP contribution in [-0.2, 0) is 10.0 Å². The molecule has 1 aromatic carbocycles. The Bertz CT molecular complexity index is 900. The van der Waals surface area contributed by atoms with Gasteiger partial charge >= 0.3 is 0 Å². The van der Waals surface area contributed by atoms with E-state index < -0.39 is 26.8 Å². The number of hydrogen-bond acceptors (Lipinski definition) is 7. The fourth-order valence-corrected chi connectivity index (χ4v) is 4.64. The number of aliphatic hydroxyl groups is 1. The minimum atomic E-state index is -4.13. The average molecular weight is 505 g/mol. The molecule has 7 nitrogen and oxygen atoms in total. The van der Waals surface area contributed by atoms with Gasteiger partial charge in [-0.2, -0.15) is 0 Å².